The van der Waals surface area contributed by atoms with Gasteiger partial charge in [-0.3, -0.25) is 24.1 Å². The summed E-state index contributed by atoms with van der Waals surface area (Å²) in [5.74, 6) is -0.891. The lowest BCUT2D eigenvalue weighted by Gasteiger charge is -2.26. The Bertz CT molecular complexity index is 817. The third kappa shape index (κ3) is 4.90. The van der Waals surface area contributed by atoms with Crippen LogP contribution in [0.4, 0.5) is 4.79 Å². The average molecular weight is 405 g/mol. The van der Waals surface area contributed by atoms with E-state index in [9.17, 15) is 19.2 Å². The van der Waals surface area contributed by atoms with Gasteiger partial charge in [0.1, 0.15) is 12.3 Å². The second kappa shape index (κ2) is 8.89. The minimum Gasteiger partial charge on any atom is -0.484 e. The Labute approximate surface area is 165 Å². The number of nitrogens with two attached hydrogens (primary N) is 1. The van der Waals surface area contributed by atoms with Crippen molar-refractivity contribution in [3.05, 3.63) is 34.7 Å². The maximum absolute atomic E-state index is 12.2. The molecule has 0 radical (unpaired) electrons. The molecule has 2 fully saturated rings. The van der Waals surface area contributed by atoms with E-state index >= 15 is 0 Å². The van der Waals surface area contributed by atoms with Gasteiger partial charge in [-0.25, -0.2) is 0 Å². The summed E-state index contributed by atoms with van der Waals surface area (Å²) in [4.78, 5) is 49.7. The summed E-state index contributed by atoms with van der Waals surface area (Å²) in [5, 5.41) is -0.531. The topological polar surface area (TPSA) is 119 Å². The normalized spacial score (nSPS) is 18.6. The summed E-state index contributed by atoms with van der Waals surface area (Å²) in [6.45, 7) is 1.69. The van der Waals surface area contributed by atoms with Gasteiger partial charge < -0.3 is 20.1 Å². The van der Waals surface area contributed by atoms with E-state index < -0.39 is 23.6 Å². The Morgan fingerprint density at radius 2 is 1.86 bits per heavy atom. The minimum atomic E-state index is -0.753. The molecule has 2 N–H and O–H groups in total. The van der Waals surface area contributed by atoms with Gasteiger partial charge in [-0.1, -0.05) is 12.1 Å². The number of hydrogen-bond acceptors (Lipinski definition) is 7. The highest BCUT2D eigenvalue weighted by molar-refractivity contribution is 8.18. The molecule has 2 aliphatic heterocycles. The fourth-order valence-corrected chi connectivity index (χ4v) is 3.49. The van der Waals surface area contributed by atoms with Crippen molar-refractivity contribution in [3.8, 4) is 5.75 Å². The molecule has 10 heteroatoms. The van der Waals surface area contributed by atoms with E-state index in [0.717, 1.165) is 16.7 Å². The van der Waals surface area contributed by atoms with Crippen molar-refractivity contribution in [3.63, 3.8) is 0 Å². The molecule has 9 nitrogen and oxygen atoms in total. The number of thioether (sulfide) groups is 1. The van der Waals surface area contributed by atoms with Crippen LogP contribution in [0.15, 0.2) is 29.2 Å². The fraction of sp³-hybridized carbons (Fsp3) is 0.333. The monoisotopic (exact) mass is 405 g/mol. The van der Waals surface area contributed by atoms with E-state index in [1.165, 1.54) is 0 Å². The molecule has 1 aromatic rings. The maximum atomic E-state index is 12.2. The van der Waals surface area contributed by atoms with Gasteiger partial charge in [-0.2, -0.15) is 0 Å². The summed E-state index contributed by atoms with van der Waals surface area (Å²) in [5.41, 5.74) is 5.73. The zero-order valence-electron chi connectivity index (χ0n) is 15.0. The zero-order chi connectivity index (χ0) is 20.1. The molecule has 0 unspecified atom stereocenters. The molecule has 3 rings (SSSR count). The Morgan fingerprint density at radius 3 is 2.50 bits per heavy atom. The fourth-order valence-electron chi connectivity index (χ4n) is 2.65. The molecule has 2 saturated heterocycles. The molecule has 0 aromatic heterocycles. The van der Waals surface area contributed by atoms with Crippen LogP contribution in [-0.2, 0) is 19.1 Å². The summed E-state index contributed by atoms with van der Waals surface area (Å²) < 4.78 is 10.7. The third-order valence-corrected chi connectivity index (χ3v) is 5.00. The Balaban J connectivity index is 1.57. The van der Waals surface area contributed by atoms with Gasteiger partial charge in [0, 0.05) is 13.1 Å². The van der Waals surface area contributed by atoms with Crippen molar-refractivity contribution < 1.29 is 28.7 Å². The number of nitrogens with zero attached hydrogens (tertiary/aromatic N) is 2. The quantitative estimate of drug-likeness (QED) is 0.682. The minimum absolute atomic E-state index is 0.0641. The Hall–Kier alpha value is -2.85. The molecule has 28 heavy (non-hydrogen) atoms. The number of morpholine rings is 1. The second-order valence-electron chi connectivity index (χ2n) is 6.09. The van der Waals surface area contributed by atoms with Crippen molar-refractivity contribution in [1.82, 2.24) is 9.80 Å². The molecule has 0 bridgehead atoms. The molecule has 148 valence electrons. The van der Waals surface area contributed by atoms with E-state index in [-0.39, 0.29) is 17.4 Å². The van der Waals surface area contributed by atoms with Crippen molar-refractivity contribution >= 4 is 40.8 Å². The van der Waals surface area contributed by atoms with Gasteiger partial charge in [0.25, 0.3) is 17.1 Å². The number of imide groups is 1. The van der Waals surface area contributed by atoms with Crippen LogP contribution in [0.3, 0.4) is 0 Å². The second-order valence-corrected chi connectivity index (χ2v) is 7.08. The lowest BCUT2D eigenvalue weighted by Crippen LogP contribution is -2.42. The van der Waals surface area contributed by atoms with Gasteiger partial charge in [0.05, 0.1) is 18.1 Å². The predicted octanol–water partition coefficient (Wildman–Crippen LogP) is 0.446. The first-order chi connectivity index (χ1) is 13.4. The molecule has 2 heterocycles. The lowest BCUT2D eigenvalue weighted by atomic mass is 10.2. The van der Waals surface area contributed by atoms with Crippen molar-refractivity contribution in [1.29, 1.82) is 0 Å². The van der Waals surface area contributed by atoms with Crippen molar-refractivity contribution in [2.45, 2.75) is 0 Å². The van der Waals surface area contributed by atoms with E-state index in [4.69, 9.17) is 15.2 Å². The number of ether oxygens (including phenoxy) is 2. The number of carbonyl (C=O) groups is 4. The molecular weight excluding hydrogens is 386 g/mol. The van der Waals surface area contributed by atoms with Crippen LogP contribution in [0.1, 0.15) is 5.56 Å². The standard InChI is InChI=1S/C18H19N3O6S/c19-15(22)10-21-17(24)14(28-18(21)25)9-12-1-3-13(4-2-12)27-11-16(23)20-5-7-26-8-6-20/h1-4,9H,5-8,10-11H2,(H2,19,22)/b14-9-. The van der Waals surface area contributed by atoms with E-state index in [1.54, 1.807) is 35.2 Å². The number of hydrogen-bond donors (Lipinski definition) is 1. The molecule has 4 amide bonds. The molecule has 1 aromatic carbocycles. The molecular formula is C18H19N3O6S. The number of benzene rings is 1. The van der Waals surface area contributed by atoms with Gasteiger partial charge in [0.15, 0.2) is 6.61 Å². The largest absolute Gasteiger partial charge is 0.484 e. The zero-order valence-corrected chi connectivity index (χ0v) is 15.8. The van der Waals surface area contributed by atoms with Crippen LogP contribution >= 0.6 is 11.8 Å². The lowest BCUT2D eigenvalue weighted by molar-refractivity contribution is -0.137. The van der Waals surface area contributed by atoms with Crippen LogP contribution in [-0.4, -0.2) is 72.2 Å². The van der Waals surface area contributed by atoms with Crippen LogP contribution in [0.5, 0.6) is 5.75 Å². The van der Waals surface area contributed by atoms with E-state index in [1.807, 2.05) is 0 Å². The van der Waals surface area contributed by atoms with E-state index in [2.05, 4.69) is 0 Å². The molecule has 0 spiro atoms. The molecule has 0 aliphatic carbocycles. The van der Waals surface area contributed by atoms with Crippen molar-refractivity contribution in [2.24, 2.45) is 5.73 Å². The van der Waals surface area contributed by atoms with E-state index in [0.29, 0.717) is 37.6 Å². The first-order valence-corrected chi connectivity index (χ1v) is 9.38. The van der Waals surface area contributed by atoms with Gasteiger partial charge in [-0.15, -0.1) is 0 Å². The van der Waals surface area contributed by atoms with Crippen LogP contribution < -0.4 is 10.5 Å². The van der Waals surface area contributed by atoms with Crippen LogP contribution in [0, 0.1) is 0 Å². The highest BCUT2D eigenvalue weighted by Gasteiger charge is 2.35. The highest BCUT2D eigenvalue weighted by Crippen LogP contribution is 2.32. The molecule has 0 saturated carbocycles. The number of amides is 4. The summed E-state index contributed by atoms with van der Waals surface area (Å²) >= 11 is 0.752. The summed E-state index contributed by atoms with van der Waals surface area (Å²) in [6, 6.07) is 6.76. The first-order valence-electron chi connectivity index (χ1n) is 8.56. The predicted molar refractivity (Wildman–Crippen MR) is 101 cm³/mol. The summed E-state index contributed by atoms with van der Waals surface area (Å²) in [7, 11) is 0. The molecule has 2 aliphatic rings. The third-order valence-electron chi connectivity index (χ3n) is 4.09. The SMILES string of the molecule is NC(=O)CN1C(=O)S/C(=C\c2ccc(OCC(=O)N3CCOCC3)cc2)C1=O. The Morgan fingerprint density at radius 1 is 1.18 bits per heavy atom. The number of primary amides is 1. The highest BCUT2D eigenvalue weighted by atomic mass is 32.2. The van der Waals surface area contributed by atoms with Gasteiger partial charge in [0.2, 0.25) is 5.91 Å². The smallest absolute Gasteiger partial charge is 0.294 e. The number of carbonyl (C=O) groups excluding carboxylic acids is 4. The number of rotatable bonds is 6. The summed E-state index contributed by atoms with van der Waals surface area (Å²) in [6.07, 6.45) is 1.55. The molecule has 0 atom stereocenters. The van der Waals surface area contributed by atoms with Gasteiger partial charge >= 0.3 is 0 Å². The van der Waals surface area contributed by atoms with Crippen LogP contribution in [0.2, 0.25) is 0 Å². The Kier molecular flexibility index (Phi) is 6.32. The van der Waals surface area contributed by atoms with Crippen LogP contribution in [0.25, 0.3) is 6.08 Å². The average Bonchev–Trinajstić information content (AvgIpc) is 2.95. The van der Waals surface area contributed by atoms with Crippen molar-refractivity contribution in [2.75, 3.05) is 39.5 Å². The van der Waals surface area contributed by atoms with Gasteiger partial charge in [-0.05, 0) is 35.5 Å². The first kappa shape index (κ1) is 19.9. The maximum Gasteiger partial charge on any atom is 0.294 e.